The lowest BCUT2D eigenvalue weighted by molar-refractivity contribution is -0.731. The van der Waals surface area contributed by atoms with Crippen LogP contribution in [0, 0.1) is 5.92 Å². The molecule has 45 heavy (non-hydrogen) atoms. The summed E-state index contributed by atoms with van der Waals surface area (Å²) < 4.78 is 45.3. The predicted molar refractivity (Wildman–Crippen MR) is 156 cm³/mol. The Morgan fingerprint density at radius 1 is 1.36 bits per heavy atom. The van der Waals surface area contributed by atoms with Crippen molar-refractivity contribution in [1.82, 2.24) is 25.4 Å². The number of carboxylic acid groups (broad SMARTS) is 1. The Labute approximate surface area is 260 Å². The Hall–Kier alpha value is -4.37. The fourth-order valence-electron chi connectivity index (χ4n) is 4.78. The number of ether oxygens (including phenoxy) is 1. The van der Waals surface area contributed by atoms with E-state index in [4.69, 9.17) is 19.9 Å². The molecule has 2 aliphatic heterocycles. The molecular formula is C25H31N8O10S2+. The maximum Gasteiger partial charge on any atom is 0.418 e. The van der Waals surface area contributed by atoms with Gasteiger partial charge in [-0.25, -0.2) is 9.78 Å². The number of rotatable bonds is 13. The summed E-state index contributed by atoms with van der Waals surface area (Å²) in [6.07, 6.45) is 0.328. The van der Waals surface area contributed by atoms with Gasteiger partial charge in [-0.3, -0.25) is 14.1 Å². The van der Waals surface area contributed by atoms with Gasteiger partial charge >= 0.3 is 16.4 Å². The minimum atomic E-state index is -5.01. The summed E-state index contributed by atoms with van der Waals surface area (Å²) in [5.41, 5.74) is 4.66. The number of β-lactam (4-membered cyclic amide) rings is 1. The van der Waals surface area contributed by atoms with E-state index in [1.165, 1.54) is 19.2 Å². The van der Waals surface area contributed by atoms with Crippen LogP contribution in [0.3, 0.4) is 0 Å². The summed E-state index contributed by atoms with van der Waals surface area (Å²) in [5, 5.41) is 21.8. The number of amides is 2. The van der Waals surface area contributed by atoms with Crippen LogP contribution in [0.25, 0.3) is 10.9 Å². The van der Waals surface area contributed by atoms with E-state index in [0.29, 0.717) is 16.7 Å². The zero-order valence-electron chi connectivity index (χ0n) is 24.2. The van der Waals surface area contributed by atoms with Gasteiger partial charge in [0.25, 0.3) is 17.9 Å². The highest BCUT2D eigenvalue weighted by Gasteiger charge is 2.58. The number of hydrogen-bond donors (Lipinski definition) is 5. The summed E-state index contributed by atoms with van der Waals surface area (Å²) in [7, 11) is -3.05. The van der Waals surface area contributed by atoms with Gasteiger partial charge in [-0.2, -0.15) is 18.2 Å². The van der Waals surface area contributed by atoms with Crippen LogP contribution in [0.2, 0.25) is 0 Å². The van der Waals surface area contributed by atoms with Crippen LogP contribution in [0.15, 0.2) is 34.9 Å². The molecule has 6 N–H and O–H groups in total. The van der Waals surface area contributed by atoms with Gasteiger partial charge in [0.15, 0.2) is 17.9 Å². The van der Waals surface area contributed by atoms with Gasteiger partial charge in [0.2, 0.25) is 5.52 Å². The molecule has 0 unspecified atom stereocenters. The van der Waals surface area contributed by atoms with Crippen molar-refractivity contribution in [3.8, 4) is 5.75 Å². The van der Waals surface area contributed by atoms with E-state index >= 15 is 0 Å². The third-order valence-electron chi connectivity index (χ3n) is 7.38. The summed E-state index contributed by atoms with van der Waals surface area (Å²) in [6.45, 7) is 5.04. The molecule has 0 radical (unpaired) electrons. The van der Waals surface area contributed by atoms with Crippen molar-refractivity contribution in [3.05, 3.63) is 35.5 Å². The second-order valence-electron chi connectivity index (χ2n) is 11.0. The van der Waals surface area contributed by atoms with Crippen molar-refractivity contribution < 1.29 is 51.0 Å². The quantitative estimate of drug-likeness (QED) is 0.0475. The molecule has 0 aliphatic carbocycles. The van der Waals surface area contributed by atoms with E-state index in [0.717, 1.165) is 41.9 Å². The first kappa shape index (κ1) is 32.0. The Kier molecular flexibility index (Phi) is 8.68. The van der Waals surface area contributed by atoms with Gasteiger partial charge in [0, 0.05) is 30.5 Å². The zero-order chi connectivity index (χ0) is 32.7. The van der Waals surface area contributed by atoms with Crippen LogP contribution in [-0.4, -0.2) is 93.7 Å². The lowest BCUT2D eigenvalue weighted by atomic mass is 9.84. The number of aromatic nitrogens is 3. The van der Waals surface area contributed by atoms with E-state index in [-0.39, 0.29) is 10.8 Å². The number of fused-ring (bicyclic) bond motifs is 1. The Bertz CT molecular complexity index is 1780. The number of thiazole rings is 1. The highest BCUT2D eigenvalue weighted by Crippen LogP contribution is 2.33. The number of carbonyl (C=O) groups excluding carboxylic acids is 2. The van der Waals surface area contributed by atoms with Gasteiger partial charge in [0.1, 0.15) is 24.1 Å². The number of nitrogens with zero attached hydrogens (tertiary/aromatic N) is 5. The minimum absolute atomic E-state index is 0.0679. The molecule has 2 saturated heterocycles. The predicted octanol–water partition coefficient (Wildman–Crippen LogP) is -1.18. The Morgan fingerprint density at radius 2 is 2.09 bits per heavy atom. The molecule has 0 saturated carbocycles. The molecular weight excluding hydrogens is 636 g/mol. The second kappa shape index (κ2) is 12.2. The molecule has 2 atom stereocenters. The van der Waals surface area contributed by atoms with E-state index < -0.39 is 58.2 Å². The lowest BCUT2D eigenvalue weighted by Crippen LogP contribution is -2.76. The highest BCUT2D eigenvalue weighted by molar-refractivity contribution is 7.80. The number of oxime groups is 1. The molecule has 3 aromatic rings. The fraction of sp³-hybridized carbons (Fsp3) is 0.440. The maximum absolute atomic E-state index is 13.2. The number of nitrogen functional groups attached to an aromatic ring is 1. The summed E-state index contributed by atoms with van der Waals surface area (Å²) in [6, 6.07) is 4.01. The number of hydroxylamine groups is 2. The van der Waals surface area contributed by atoms with E-state index in [1.807, 2.05) is 24.0 Å². The molecule has 0 bridgehead atoms. The minimum Gasteiger partial charge on any atom is -0.489 e. The van der Waals surface area contributed by atoms with Crippen molar-refractivity contribution in [3.63, 3.8) is 0 Å². The van der Waals surface area contributed by atoms with Gasteiger partial charge in [-0.05, 0) is 26.0 Å². The molecule has 2 fully saturated rings. The number of anilines is 1. The molecule has 2 aromatic heterocycles. The third kappa shape index (κ3) is 6.83. The Balaban J connectivity index is 1.29. The number of carbonyl (C=O) groups is 3. The van der Waals surface area contributed by atoms with Crippen LogP contribution in [0.5, 0.6) is 5.75 Å². The van der Waals surface area contributed by atoms with Gasteiger partial charge < -0.3 is 31.0 Å². The first-order valence-corrected chi connectivity index (χ1v) is 15.7. The average Bonchev–Trinajstić information content (AvgIpc) is 3.50. The normalized spacial score (nSPS) is 19.1. The number of nitrogens with two attached hydrogens (primary N) is 1. The molecule has 2 aliphatic rings. The van der Waals surface area contributed by atoms with Crippen molar-refractivity contribution in [2.45, 2.75) is 38.1 Å². The van der Waals surface area contributed by atoms with Crippen LogP contribution in [-0.2, 0) is 47.5 Å². The van der Waals surface area contributed by atoms with Crippen molar-refractivity contribution >= 4 is 61.3 Å². The topological polar surface area (TPSA) is 241 Å². The smallest absolute Gasteiger partial charge is 0.418 e. The van der Waals surface area contributed by atoms with Crippen LogP contribution in [0.1, 0.15) is 19.5 Å². The molecule has 18 nitrogen and oxygen atoms in total. The van der Waals surface area contributed by atoms with E-state index in [1.54, 1.807) is 12.1 Å². The largest absolute Gasteiger partial charge is 0.489 e. The number of hydrogen-bond acceptors (Lipinski definition) is 13. The monoisotopic (exact) mass is 667 g/mol. The second-order valence-corrected chi connectivity index (χ2v) is 12.9. The van der Waals surface area contributed by atoms with E-state index in [2.05, 4.69) is 29.7 Å². The number of aliphatic carboxylic acids is 1. The fourth-order valence-corrected chi connectivity index (χ4v) is 5.78. The van der Waals surface area contributed by atoms with Crippen LogP contribution in [0.4, 0.5) is 5.13 Å². The van der Waals surface area contributed by atoms with Gasteiger partial charge in [-0.15, -0.1) is 20.3 Å². The van der Waals surface area contributed by atoms with Gasteiger partial charge in [0.05, 0.1) is 23.7 Å². The molecule has 0 spiro atoms. The molecule has 20 heteroatoms. The number of aryl methyl sites for hydroxylation is 1. The first-order chi connectivity index (χ1) is 21.1. The van der Waals surface area contributed by atoms with E-state index in [9.17, 15) is 27.9 Å². The number of benzene rings is 1. The van der Waals surface area contributed by atoms with Crippen LogP contribution >= 0.6 is 11.3 Å². The van der Waals surface area contributed by atoms with Crippen molar-refractivity contribution in [2.75, 3.05) is 25.4 Å². The highest BCUT2D eigenvalue weighted by atomic mass is 32.3. The number of nitrogens with one attached hydrogen (secondary N) is 2. The summed E-state index contributed by atoms with van der Waals surface area (Å²) in [5.74, 6) is -2.50. The molecule has 2 amide bonds. The van der Waals surface area contributed by atoms with Crippen molar-refractivity contribution in [2.24, 2.45) is 18.1 Å². The maximum atomic E-state index is 13.2. The van der Waals surface area contributed by atoms with Gasteiger partial charge in [-0.1, -0.05) is 5.16 Å². The lowest BCUT2D eigenvalue weighted by Gasteiger charge is -2.50. The van der Waals surface area contributed by atoms with Crippen LogP contribution < -0.4 is 25.8 Å². The molecule has 4 heterocycles. The third-order valence-corrected chi connectivity index (χ3v) is 8.39. The zero-order valence-corrected chi connectivity index (χ0v) is 25.9. The van der Waals surface area contributed by atoms with Crippen molar-refractivity contribution in [1.29, 1.82) is 0 Å². The summed E-state index contributed by atoms with van der Waals surface area (Å²) in [4.78, 5) is 46.9. The number of carboxylic acids is 1. The first-order valence-electron chi connectivity index (χ1n) is 13.5. The molecule has 242 valence electrons. The SMILES string of the molecule is C[n+]1c2ccc(OC[C@@H](O/N=C(\C(=O)N[C@@H]3C(=O)N(OS(=O)(=O)O)C3(C)C)c3csc(N)n3)C(=O)O)cc2cn1CC1CNC1. The molecule has 1 aromatic carbocycles. The standard InChI is InChI=1S/C25H30N8O10S2/c1-25(2)20(22(35)33(25)43-45(38,39)40)29-21(34)19(16-12-44-24(26)28-16)30-42-18(23(36)37)11-41-15-4-5-17-14(6-15)10-32(31(17)3)9-13-7-27-8-13/h4-6,10,12-13,18,20,27H,7-9,11H2,1-3H3,(H4-,26,28,29,34,36,37,38,39,40)/p+1/b30-19-/t18-,20-/m1/s1. The average molecular weight is 668 g/mol. The Morgan fingerprint density at radius 3 is 2.67 bits per heavy atom. The molecule has 5 rings (SSSR count). The summed E-state index contributed by atoms with van der Waals surface area (Å²) >= 11 is 0.968.